The third kappa shape index (κ3) is 3.10. The van der Waals surface area contributed by atoms with E-state index in [2.05, 4.69) is 20.9 Å². The van der Waals surface area contributed by atoms with E-state index in [0.717, 1.165) is 33.8 Å². The molecule has 3 aromatic heterocycles. The highest BCUT2D eigenvalue weighted by Gasteiger charge is 2.32. The molecule has 1 N–H and O–H groups in total. The van der Waals surface area contributed by atoms with Crippen LogP contribution in [-0.2, 0) is 10.0 Å². The largest absolute Gasteiger partial charge is 0.355 e. The molecule has 0 unspecified atom stereocenters. The summed E-state index contributed by atoms with van der Waals surface area (Å²) in [6.07, 6.45) is 0. The monoisotopic (exact) mass is 468 g/mol. The van der Waals surface area contributed by atoms with E-state index >= 15 is 0 Å². The Morgan fingerprint density at radius 2 is 1.88 bits per heavy atom. The first kappa shape index (κ1) is 20.7. The highest BCUT2D eigenvalue weighted by atomic mass is 32.2. The van der Waals surface area contributed by atoms with Gasteiger partial charge in [-0.2, -0.15) is 9.57 Å². The molecule has 32 heavy (non-hydrogen) atoms. The zero-order valence-corrected chi connectivity index (χ0v) is 19.1. The number of aromatic nitrogens is 3. The van der Waals surface area contributed by atoms with Crippen molar-refractivity contribution in [2.24, 2.45) is 0 Å². The number of piperazine rings is 1. The van der Waals surface area contributed by atoms with Crippen LogP contribution in [0, 0.1) is 25.2 Å². The number of hydrogen-bond donors (Lipinski definition) is 1. The fourth-order valence-corrected chi connectivity index (χ4v) is 7.07. The third-order valence-corrected chi connectivity index (χ3v) is 9.26. The topological polar surface area (TPSA) is 115 Å². The summed E-state index contributed by atoms with van der Waals surface area (Å²) in [5.74, 6) is 0.879. The summed E-state index contributed by atoms with van der Waals surface area (Å²) in [6.45, 7) is 5.03. The summed E-state index contributed by atoms with van der Waals surface area (Å²) in [7, 11) is -3.73. The highest BCUT2D eigenvalue weighted by molar-refractivity contribution is 7.91. The minimum atomic E-state index is -3.73. The smallest absolute Gasteiger partial charge is 0.305 e. The van der Waals surface area contributed by atoms with Crippen molar-refractivity contribution in [3.05, 3.63) is 56.8 Å². The van der Waals surface area contributed by atoms with Gasteiger partial charge < -0.3 is 9.88 Å². The molecule has 4 aromatic rings. The van der Waals surface area contributed by atoms with E-state index in [9.17, 15) is 18.5 Å². The van der Waals surface area contributed by atoms with Gasteiger partial charge in [0.2, 0.25) is 0 Å². The summed E-state index contributed by atoms with van der Waals surface area (Å²) in [5.41, 5.74) is 4.03. The zero-order chi connectivity index (χ0) is 22.6. The number of sulfonamides is 1. The molecule has 0 amide bonds. The molecule has 0 atom stereocenters. The molecular formula is C21H20N6O3S2. The van der Waals surface area contributed by atoms with Gasteiger partial charge in [-0.25, -0.2) is 13.4 Å². The van der Waals surface area contributed by atoms with Crippen LogP contribution < -0.4 is 9.77 Å². The van der Waals surface area contributed by atoms with Gasteiger partial charge in [-0.05, 0) is 37.6 Å². The average molecular weight is 469 g/mol. The summed E-state index contributed by atoms with van der Waals surface area (Å²) >= 11 is 0.725. The average Bonchev–Trinajstić information content (AvgIpc) is 3.33. The fraction of sp³-hybridized carbons (Fsp3) is 0.286. The molecule has 9 nitrogen and oxygen atoms in total. The Hall–Kier alpha value is -3.20. The third-order valence-electron chi connectivity index (χ3n) is 5.78. The number of fused-ring (bicyclic) bond motifs is 3. The van der Waals surface area contributed by atoms with Crippen molar-refractivity contribution in [1.82, 2.24) is 18.7 Å². The summed E-state index contributed by atoms with van der Waals surface area (Å²) in [6, 6.07) is 12.0. The number of pyridine rings is 1. The number of aromatic amines is 1. The zero-order valence-electron chi connectivity index (χ0n) is 17.5. The number of nitrogens with one attached hydrogen (secondary N) is 1. The van der Waals surface area contributed by atoms with Gasteiger partial charge in [0.05, 0.1) is 16.6 Å². The number of rotatable bonds is 3. The van der Waals surface area contributed by atoms with Crippen molar-refractivity contribution in [2.45, 2.75) is 18.1 Å². The Labute approximate surface area is 188 Å². The maximum Gasteiger partial charge on any atom is 0.305 e. The number of para-hydroxylation sites is 2. The first-order valence-corrected chi connectivity index (χ1v) is 12.3. The van der Waals surface area contributed by atoms with E-state index in [1.807, 2.05) is 41.7 Å². The van der Waals surface area contributed by atoms with E-state index in [-0.39, 0.29) is 9.08 Å². The second kappa shape index (κ2) is 7.44. The number of H-pyrrole nitrogens is 1. The Balaban J connectivity index is 1.53. The van der Waals surface area contributed by atoms with Crippen molar-refractivity contribution < 1.29 is 8.42 Å². The predicted molar refractivity (Wildman–Crippen MR) is 123 cm³/mol. The van der Waals surface area contributed by atoms with E-state index in [4.69, 9.17) is 0 Å². The number of nitriles is 1. The van der Waals surface area contributed by atoms with Crippen molar-refractivity contribution in [2.75, 3.05) is 31.1 Å². The van der Waals surface area contributed by atoms with Crippen LogP contribution in [0.4, 0.5) is 5.82 Å². The lowest BCUT2D eigenvalue weighted by Gasteiger charge is -2.35. The van der Waals surface area contributed by atoms with Crippen LogP contribution in [0.3, 0.4) is 0 Å². The lowest BCUT2D eigenvalue weighted by molar-refractivity contribution is 0.384. The Morgan fingerprint density at radius 1 is 1.16 bits per heavy atom. The number of nitrogens with zero attached hydrogens (tertiary/aromatic N) is 5. The molecule has 0 radical (unpaired) electrons. The Bertz CT molecular complexity index is 1570. The summed E-state index contributed by atoms with van der Waals surface area (Å²) in [5, 5.41) is 9.69. The molecule has 0 bridgehead atoms. The number of anilines is 1. The van der Waals surface area contributed by atoms with Crippen LogP contribution in [0.5, 0.6) is 0 Å². The minimum absolute atomic E-state index is 0.0770. The van der Waals surface area contributed by atoms with Gasteiger partial charge in [0.15, 0.2) is 9.86 Å². The first-order valence-electron chi connectivity index (χ1n) is 10.1. The molecule has 0 spiro atoms. The first-order chi connectivity index (χ1) is 15.3. The SMILES string of the molecule is Cc1cc(N2CCN(S(=O)(=O)c3sc(=O)[nH]c3C)CC2)n2c(nc3ccccc32)c1C#N. The fourth-order valence-electron chi connectivity index (χ4n) is 4.21. The van der Waals surface area contributed by atoms with Gasteiger partial charge in [-0.1, -0.05) is 23.5 Å². The number of hydrogen-bond acceptors (Lipinski definition) is 7. The van der Waals surface area contributed by atoms with Crippen LogP contribution in [-0.4, -0.2) is 53.3 Å². The van der Waals surface area contributed by atoms with Crippen LogP contribution >= 0.6 is 11.3 Å². The van der Waals surface area contributed by atoms with Crippen molar-refractivity contribution >= 4 is 43.9 Å². The van der Waals surface area contributed by atoms with Gasteiger partial charge >= 0.3 is 4.87 Å². The lowest BCUT2D eigenvalue weighted by Crippen LogP contribution is -2.49. The van der Waals surface area contributed by atoms with Crippen molar-refractivity contribution in [3.8, 4) is 6.07 Å². The van der Waals surface area contributed by atoms with Crippen molar-refractivity contribution in [1.29, 1.82) is 5.26 Å². The maximum absolute atomic E-state index is 13.1. The second-order valence-corrected chi connectivity index (χ2v) is 10.9. The second-order valence-electron chi connectivity index (χ2n) is 7.75. The molecule has 1 saturated heterocycles. The molecule has 11 heteroatoms. The molecule has 1 aromatic carbocycles. The molecule has 1 fully saturated rings. The number of benzene rings is 1. The number of aryl methyl sites for hydroxylation is 2. The molecule has 5 rings (SSSR count). The number of imidazole rings is 1. The maximum atomic E-state index is 13.1. The molecule has 164 valence electrons. The van der Waals surface area contributed by atoms with E-state index in [1.54, 1.807) is 6.92 Å². The highest BCUT2D eigenvalue weighted by Crippen LogP contribution is 2.30. The number of thiazole rings is 1. The minimum Gasteiger partial charge on any atom is -0.355 e. The van der Waals surface area contributed by atoms with Gasteiger partial charge in [0.1, 0.15) is 11.9 Å². The predicted octanol–water partition coefficient (Wildman–Crippen LogP) is 2.24. The molecule has 0 saturated carbocycles. The van der Waals surface area contributed by atoms with Crippen molar-refractivity contribution in [3.63, 3.8) is 0 Å². The molecule has 1 aliphatic rings. The molecule has 4 heterocycles. The van der Waals surface area contributed by atoms with Crippen LogP contribution in [0.25, 0.3) is 16.7 Å². The van der Waals surface area contributed by atoms with Gasteiger partial charge in [0, 0.05) is 31.9 Å². The molecular weight excluding hydrogens is 448 g/mol. The van der Waals surface area contributed by atoms with E-state index < -0.39 is 10.0 Å². The van der Waals surface area contributed by atoms with Gasteiger partial charge in [-0.15, -0.1) is 0 Å². The Morgan fingerprint density at radius 3 is 2.53 bits per heavy atom. The van der Waals surface area contributed by atoms with Crippen LogP contribution in [0.15, 0.2) is 39.3 Å². The molecule has 0 aliphatic carbocycles. The lowest BCUT2D eigenvalue weighted by atomic mass is 10.1. The standard InChI is InChI=1S/C21H20N6O3S2/c1-13-11-18(27-17-6-4-3-5-16(17)24-19(27)15(13)12-22)25-7-9-26(10-8-25)32(29,30)20-14(2)23-21(28)31-20/h3-6,11H,7-10H2,1-2H3,(H,23,28). The van der Waals surface area contributed by atoms with Crippen LogP contribution in [0.2, 0.25) is 0 Å². The van der Waals surface area contributed by atoms with E-state index in [1.165, 1.54) is 4.31 Å². The molecule has 1 aliphatic heterocycles. The summed E-state index contributed by atoms with van der Waals surface area (Å²) in [4.78, 5) is 20.6. The summed E-state index contributed by atoms with van der Waals surface area (Å²) < 4.78 is 29.6. The Kier molecular flexibility index (Phi) is 4.81. The van der Waals surface area contributed by atoms with Gasteiger partial charge in [-0.3, -0.25) is 9.20 Å². The van der Waals surface area contributed by atoms with Gasteiger partial charge in [0.25, 0.3) is 10.0 Å². The normalized spacial score (nSPS) is 15.5. The quantitative estimate of drug-likeness (QED) is 0.493. The van der Waals surface area contributed by atoms with Crippen LogP contribution in [0.1, 0.15) is 16.8 Å². The van der Waals surface area contributed by atoms with E-state index in [0.29, 0.717) is 43.1 Å².